The number of rotatable bonds is 2. The van der Waals surface area contributed by atoms with E-state index in [0.29, 0.717) is 16.8 Å². The van der Waals surface area contributed by atoms with Gasteiger partial charge >= 0.3 is 0 Å². The number of H-pyrrole nitrogens is 1. The summed E-state index contributed by atoms with van der Waals surface area (Å²) in [6.45, 7) is 0.569. The molecule has 0 aliphatic carbocycles. The molecule has 17 heavy (non-hydrogen) atoms. The molecule has 1 aromatic carbocycles. The largest absolute Gasteiger partial charge is 0.328 e. The van der Waals surface area contributed by atoms with Gasteiger partial charge in [-0.3, -0.25) is 0 Å². The van der Waals surface area contributed by atoms with Gasteiger partial charge in [0, 0.05) is 11.6 Å². The Hall–Kier alpha value is -1.53. The minimum Gasteiger partial charge on any atom is -0.328 e. The molecule has 86 valence electrons. The molecule has 0 aliphatic heterocycles. The highest BCUT2D eigenvalue weighted by Gasteiger charge is 2.09. The smallest absolute Gasteiger partial charge is 0.178 e. The maximum absolute atomic E-state index is 13.6. The lowest BCUT2D eigenvalue weighted by Crippen LogP contribution is -1.98. The Bertz CT molecular complexity index is 712. The van der Waals surface area contributed by atoms with Gasteiger partial charge in [-0.2, -0.15) is 0 Å². The summed E-state index contributed by atoms with van der Waals surface area (Å²) in [6, 6.07) is 4.94. The van der Waals surface area contributed by atoms with Crippen LogP contribution in [0, 0.1) is 10.6 Å². The van der Waals surface area contributed by atoms with E-state index in [-0.39, 0.29) is 5.82 Å². The van der Waals surface area contributed by atoms with Gasteiger partial charge in [0.05, 0.1) is 12.1 Å². The van der Waals surface area contributed by atoms with Crippen molar-refractivity contribution < 1.29 is 4.39 Å². The molecular formula is C11H8FN3S2. The molecule has 0 saturated carbocycles. The van der Waals surface area contributed by atoms with E-state index in [1.54, 1.807) is 23.6 Å². The summed E-state index contributed by atoms with van der Waals surface area (Å²) in [6.07, 6.45) is 1.75. The first-order valence-corrected chi connectivity index (χ1v) is 6.30. The highest BCUT2D eigenvalue weighted by Crippen LogP contribution is 2.19. The molecule has 0 atom stereocenters. The second-order valence-corrected chi connectivity index (χ2v) is 4.94. The molecule has 0 aliphatic rings. The van der Waals surface area contributed by atoms with Gasteiger partial charge in [0.25, 0.3) is 0 Å². The van der Waals surface area contributed by atoms with Crippen LogP contribution in [0.1, 0.15) is 5.01 Å². The maximum atomic E-state index is 13.6. The minimum absolute atomic E-state index is 0.286. The van der Waals surface area contributed by atoms with Crippen LogP contribution in [0.4, 0.5) is 4.39 Å². The highest BCUT2D eigenvalue weighted by atomic mass is 32.1. The van der Waals surface area contributed by atoms with Gasteiger partial charge in [-0.15, -0.1) is 11.3 Å². The Balaban J connectivity index is 2.19. The standard InChI is InChI=1S/C11H8FN3S2/c12-7-2-1-3-8-10(7)14-11(16)15(8)6-9-13-4-5-17-9/h1-5H,6H2,(H,14,16). The average molecular weight is 265 g/mol. The number of para-hydroxylation sites is 1. The van der Waals surface area contributed by atoms with Crippen LogP contribution in [0.2, 0.25) is 0 Å². The van der Waals surface area contributed by atoms with Crippen molar-refractivity contribution in [1.29, 1.82) is 0 Å². The van der Waals surface area contributed by atoms with E-state index in [2.05, 4.69) is 9.97 Å². The fourth-order valence-corrected chi connectivity index (χ4v) is 2.64. The first-order valence-electron chi connectivity index (χ1n) is 5.01. The van der Waals surface area contributed by atoms with Crippen LogP contribution >= 0.6 is 23.6 Å². The van der Waals surface area contributed by atoms with Gasteiger partial charge in [-0.1, -0.05) is 6.07 Å². The Morgan fingerprint density at radius 3 is 3.12 bits per heavy atom. The van der Waals surface area contributed by atoms with Crippen LogP contribution in [0.15, 0.2) is 29.8 Å². The van der Waals surface area contributed by atoms with Gasteiger partial charge in [0.1, 0.15) is 16.3 Å². The molecule has 1 N–H and O–H groups in total. The molecular weight excluding hydrogens is 257 g/mol. The molecule has 0 amide bonds. The molecule has 0 spiro atoms. The molecule has 0 unspecified atom stereocenters. The molecule has 0 radical (unpaired) electrons. The predicted octanol–water partition coefficient (Wildman–Crippen LogP) is 3.34. The summed E-state index contributed by atoms with van der Waals surface area (Å²) in [5.74, 6) is -0.286. The maximum Gasteiger partial charge on any atom is 0.178 e. The number of halogens is 1. The quantitative estimate of drug-likeness (QED) is 0.721. The first kappa shape index (κ1) is 10.6. The second kappa shape index (κ2) is 4.05. The number of nitrogens with one attached hydrogen (secondary N) is 1. The molecule has 3 rings (SSSR count). The number of aromatic nitrogens is 3. The van der Waals surface area contributed by atoms with Gasteiger partial charge < -0.3 is 9.55 Å². The number of nitrogens with zero attached hydrogens (tertiary/aromatic N) is 2. The van der Waals surface area contributed by atoms with Crippen molar-refractivity contribution in [3.63, 3.8) is 0 Å². The SMILES string of the molecule is Fc1cccc2c1[nH]c(=S)n2Cc1nccs1. The van der Waals surface area contributed by atoms with Crippen molar-refractivity contribution in [3.05, 3.63) is 45.4 Å². The highest BCUT2D eigenvalue weighted by molar-refractivity contribution is 7.71. The van der Waals surface area contributed by atoms with Gasteiger partial charge in [0.15, 0.2) is 4.77 Å². The number of benzene rings is 1. The van der Waals surface area contributed by atoms with Crippen molar-refractivity contribution in [3.8, 4) is 0 Å². The van der Waals surface area contributed by atoms with Crippen LogP contribution in [-0.2, 0) is 6.54 Å². The third-order valence-electron chi connectivity index (χ3n) is 2.54. The predicted molar refractivity (Wildman–Crippen MR) is 68.3 cm³/mol. The van der Waals surface area contributed by atoms with Crippen LogP contribution in [0.3, 0.4) is 0 Å². The topological polar surface area (TPSA) is 33.6 Å². The zero-order valence-corrected chi connectivity index (χ0v) is 10.3. The van der Waals surface area contributed by atoms with Gasteiger partial charge in [0.2, 0.25) is 0 Å². The zero-order valence-electron chi connectivity index (χ0n) is 8.68. The lowest BCUT2D eigenvalue weighted by atomic mass is 10.3. The molecule has 6 heteroatoms. The number of thiazole rings is 1. The third kappa shape index (κ3) is 1.79. The van der Waals surface area contributed by atoms with Crippen LogP contribution in [0.25, 0.3) is 11.0 Å². The minimum atomic E-state index is -0.286. The summed E-state index contributed by atoms with van der Waals surface area (Å²) in [5, 5.41) is 2.86. The Kier molecular flexibility index (Phi) is 2.53. The van der Waals surface area contributed by atoms with Crippen molar-refractivity contribution in [2.24, 2.45) is 0 Å². The summed E-state index contributed by atoms with van der Waals surface area (Å²) in [5.41, 5.74) is 1.22. The van der Waals surface area contributed by atoms with E-state index in [1.807, 2.05) is 16.0 Å². The third-order valence-corrected chi connectivity index (χ3v) is 3.62. The van der Waals surface area contributed by atoms with E-state index >= 15 is 0 Å². The fourth-order valence-electron chi connectivity index (χ4n) is 1.77. The summed E-state index contributed by atoms with van der Waals surface area (Å²) < 4.78 is 15.9. The first-order chi connectivity index (χ1) is 8.25. The molecule has 0 saturated heterocycles. The van der Waals surface area contributed by atoms with Crippen molar-refractivity contribution >= 4 is 34.6 Å². The summed E-state index contributed by atoms with van der Waals surface area (Å²) in [4.78, 5) is 7.09. The van der Waals surface area contributed by atoms with Gasteiger partial charge in [-0.05, 0) is 24.4 Å². The second-order valence-electron chi connectivity index (χ2n) is 3.58. The number of hydrogen-bond donors (Lipinski definition) is 1. The lowest BCUT2D eigenvalue weighted by molar-refractivity contribution is 0.637. The van der Waals surface area contributed by atoms with E-state index in [4.69, 9.17) is 12.2 Å². The Morgan fingerprint density at radius 2 is 2.35 bits per heavy atom. The van der Waals surface area contributed by atoms with E-state index in [0.717, 1.165) is 10.5 Å². The molecule has 0 fully saturated rings. The van der Waals surface area contributed by atoms with Crippen molar-refractivity contribution in [1.82, 2.24) is 14.5 Å². The van der Waals surface area contributed by atoms with E-state index < -0.39 is 0 Å². The van der Waals surface area contributed by atoms with E-state index in [1.165, 1.54) is 6.07 Å². The Labute approximate surface area is 106 Å². The molecule has 3 nitrogen and oxygen atoms in total. The monoisotopic (exact) mass is 265 g/mol. The average Bonchev–Trinajstić information content (AvgIpc) is 2.91. The van der Waals surface area contributed by atoms with Crippen LogP contribution < -0.4 is 0 Å². The zero-order chi connectivity index (χ0) is 11.8. The molecule has 2 aromatic heterocycles. The van der Waals surface area contributed by atoms with Crippen molar-refractivity contribution in [2.75, 3.05) is 0 Å². The molecule has 3 aromatic rings. The van der Waals surface area contributed by atoms with E-state index in [9.17, 15) is 4.39 Å². The molecule has 2 heterocycles. The van der Waals surface area contributed by atoms with Gasteiger partial charge in [-0.25, -0.2) is 9.37 Å². The number of fused-ring (bicyclic) bond motifs is 1. The molecule has 0 bridgehead atoms. The lowest BCUT2D eigenvalue weighted by Gasteiger charge is -2.01. The number of aromatic amines is 1. The number of hydrogen-bond acceptors (Lipinski definition) is 3. The summed E-state index contributed by atoms with van der Waals surface area (Å²) >= 11 is 6.76. The van der Waals surface area contributed by atoms with Crippen LogP contribution in [0.5, 0.6) is 0 Å². The normalized spacial score (nSPS) is 11.1. The fraction of sp³-hybridized carbons (Fsp3) is 0.0909. The summed E-state index contributed by atoms with van der Waals surface area (Å²) in [7, 11) is 0. The Morgan fingerprint density at radius 1 is 1.47 bits per heavy atom. The van der Waals surface area contributed by atoms with Crippen LogP contribution in [-0.4, -0.2) is 14.5 Å². The number of imidazole rings is 1. The van der Waals surface area contributed by atoms with Crippen molar-refractivity contribution in [2.45, 2.75) is 6.54 Å².